The van der Waals surface area contributed by atoms with E-state index in [1.807, 2.05) is 6.07 Å². The van der Waals surface area contributed by atoms with E-state index in [2.05, 4.69) is 5.32 Å². The van der Waals surface area contributed by atoms with Gasteiger partial charge < -0.3 is 14.8 Å². The van der Waals surface area contributed by atoms with Gasteiger partial charge in [-0.05, 0) is 65.4 Å². The molecular formula is C26H21N3O7S. The Morgan fingerprint density at radius 1 is 1.05 bits per heavy atom. The average Bonchev–Trinajstić information content (AvgIpc) is 3.15. The fourth-order valence-electron chi connectivity index (χ4n) is 3.42. The van der Waals surface area contributed by atoms with Crippen molar-refractivity contribution in [1.82, 2.24) is 4.90 Å². The van der Waals surface area contributed by atoms with E-state index in [1.165, 1.54) is 19.2 Å². The molecule has 1 fully saturated rings. The third kappa shape index (κ3) is 6.33. The minimum absolute atomic E-state index is 0.00748. The molecule has 4 rings (SSSR count). The second-order valence-corrected chi connectivity index (χ2v) is 8.80. The van der Waals surface area contributed by atoms with Crippen LogP contribution in [-0.2, 0) is 16.2 Å². The summed E-state index contributed by atoms with van der Waals surface area (Å²) in [5.41, 5.74) is 1.89. The fraction of sp³-hybridized carbons (Fsp3) is 0.115. The molecule has 1 aliphatic rings. The molecule has 3 aromatic carbocycles. The summed E-state index contributed by atoms with van der Waals surface area (Å²) in [6, 6.07) is 19.8. The second kappa shape index (κ2) is 11.4. The highest BCUT2D eigenvalue weighted by molar-refractivity contribution is 8.18. The molecule has 10 nitrogen and oxygen atoms in total. The van der Waals surface area contributed by atoms with Crippen LogP contribution in [0.4, 0.5) is 16.2 Å². The maximum absolute atomic E-state index is 12.8. The average molecular weight is 520 g/mol. The van der Waals surface area contributed by atoms with Crippen LogP contribution in [0.3, 0.4) is 0 Å². The highest BCUT2D eigenvalue weighted by atomic mass is 32.2. The number of non-ortho nitro benzene ring substituents is 1. The minimum Gasteiger partial charge on any atom is -0.493 e. The number of benzene rings is 3. The van der Waals surface area contributed by atoms with Gasteiger partial charge in [0.1, 0.15) is 13.2 Å². The van der Waals surface area contributed by atoms with Crippen molar-refractivity contribution in [3.63, 3.8) is 0 Å². The van der Waals surface area contributed by atoms with Crippen LogP contribution in [-0.4, -0.2) is 40.5 Å². The number of thioether (sulfide) groups is 1. The van der Waals surface area contributed by atoms with Crippen molar-refractivity contribution < 1.29 is 28.8 Å². The number of imide groups is 1. The van der Waals surface area contributed by atoms with Gasteiger partial charge in [-0.25, -0.2) is 0 Å². The van der Waals surface area contributed by atoms with E-state index in [4.69, 9.17) is 9.47 Å². The first-order valence-electron chi connectivity index (χ1n) is 11.0. The van der Waals surface area contributed by atoms with E-state index in [0.29, 0.717) is 22.7 Å². The molecule has 0 aromatic heterocycles. The zero-order valence-electron chi connectivity index (χ0n) is 19.6. The number of nitrogens with one attached hydrogen (secondary N) is 1. The molecule has 0 aliphatic carbocycles. The van der Waals surface area contributed by atoms with Crippen molar-refractivity contribution in [1.29, 1.82) is 0 Å². The Bertz CT molecular complexity index is 1370. The number of para-hydroxylation sites is 1. The van der Waals surface area contributed by atoms with Crippen molar-refractivity contribution in [3.8, 4) is 11.5 Å². The fourth-order valence-corrected chi connectivity index (χ4v) is 4.26. The molecule has 1 heterocycles. The molecule has 1 N–H and O–H groups in total. The molecule has 0 atom stereocenters. The van der Waals surface area contributed by atoms with Gasteiger partial charge in [-0.15, -0.1) is 0 Å². The van der Waals surface area contributed by atoms with Crippen LogP contribution in [0.5, 0.6) is 11.5 Å². The summed E-state index contributed by atoms with van der Waals surface area (Å²) in [5, 5.41) is 12.9. The SMILES string of the molecule is COc1cc(/C=C2/SC(=O)N(CC(=O)Nc3ccccc3)C2=O)ccc1OCc1ccc([N+](=O)[O-])cc1. The summed E-state index contributed by atoms with van der Waals surface area (Å²) in [6.45, 7) is -0.229. The Morgan fingerprint density at radius 3 is 2.46 bits per heavy atom. The van der Waals surface area contributed by atoms with Crippen LogP contribution in [0.2, 0.25) is 0 Å². The van der Waals surface area contributed by atoms with Gasteiger partial charge in [0.15, 0.2) is 11.5 Å². The van der Waals surface area contributed by atoms with E-state index in [1.54, 1.807) is 60.7 Å². The van der Waals surface area contributed by atoms with Crippen molar-refractivity contribution in [2.75, 3.05) is 19.0 Å². The number of methoxy groups -OCH3 is 1. The number of nitro benzene ring substituents is 1. The quantitative estimate of drug-likeness (QED) is 0.241. The van der Waals surface area contributed by atoms with Gasteiger partial charge in [0.2, 0.25) is 5.91 Å². The van der Waals surface area contributed by atoms with Crippen molar-refractivity contribution in [2.45, 2.75) is 6.61 Å². The summed E-state index contributed by atoms with van der Waals surface area (Å²) >= 11 is 0.752. The predicted octanol–water partition coefficient (Wildman–Crippen LogP) is 4.86. The molecule has 188 valence electrons. The lowest BCUT2D eigenvalue weighted by Crippen LogP contribution is -2.36. The van der Waals surface area contributed by atoms with Crippen LogP contribution in [0.25, 0.3) is 6.08 Å². The van der Waals surface area contributed by atoms with Crippen molar-refractivity contribution in [2.24, 2.45) is 0 Å². The second-order valence-electron chi connectivity index (χ2n) is 7.80. The number of nitrogens with zero attached hydrogens (tertiary/aromatic N) is 2. The molecule has 0 spiro atoms. The molecule has 1 saturated heterocycles. The molecule has 0 bridgehead atoms. The van der Waals surface area contributed by atoms with Gasteiger partial charge in [-0.2, -0.15) is 0 Å². The number of ether oxygens (including phenoxy) is 2. The number of rotatable bonds is 9. The lowest BCUT2D eigenvalue weighted by atomic mass is 10.1. The van der Waals surface area contributed by atoms with Gasteiger partial charge in [0.05, 0.1) is 16.9 Å². The molecule has 3 aromatic rings. The smallest absolute Gasteiger partial charge is 0.294 e. The van der Waals surface area contributed by atoms with Gasteiger partial charge in [-0.3, -0.25) is 29.4 Å². The molecule has 0 unspecified atom stereocenters. The molecular weight excluding hydrogens is 498 g/mol. The van der Waals surface area contributed by atoms with Gasteiger partial charge in [-0.1, -0.05) is 24.3 Å². The Hall–Kier alpha value is -4.64. The van der Waals surface area contributed by atoms with E-state index >= 15 is 0 Å². The molecule has 0 radical (unpaired) electrons. The van der Waals surface area contributed by atoms with E-state index in [-0.39, 0.29) is 17.2 Å². The van der Waals surface area contributed by atoms with Crippen LogP contribution in [0, 0.1) is 10.1 Å². The maximum Gasteiger partial charge on any atom is 0.294 e. The number of hydrogen-bond acceptors (Lipinski definition) is 8. The molecule has 3 amide bonds. The lowest BCUT2D eigenvalue weighted by molar-refractivity contribution is -0.384. The Morgan fingerprint density at radius 2 is 1.78 bits per heavy atom. The summed E-state index contributed by atoms with van der Waals surface area (Å²) in [6.07, 6.45) is 1.54. The largest absolute Gasteiger partial charge is 0.493 e. The normalized spacial score (nSPS) is 14.1. The summed E-state index contributed by atoms with van der Waals surface area (Å²) < 4.78 is 11.2. The lowest BCUT2D eigenvalue weighted by Gasteiger charge is -2.12. The topological polar surface area (TPSA) is 128 Å². The van der Waals surface area contributed by atoms with Gasteiger partial charge in [0.25, 0.3) is 16.8 Å². The van der Waals surface area contributed by atoms with E-state index in [0.717, 1.165) is 22.2 Å². The summed E-state index contributed by atoms with van der Waals surface area (Å²) in [4.78, 5) is 48.9. The summed E-state index contributed by atoms with van der Waals surface area (Å²) in [5.74, 6) is -0.206. The third-order valence-corrected chi connectivity index (χ3v) is 6.17. The highest BCUT2D eigenvalue weighted by Gasteiger charge is 2.36. The number of anilines is 1. The number of carbonyl (C=O) groups excluding carboxylic acids is 3. The highest BCUT2D eigenvalue weighted by Crippen LogP contribution is 2.34. The zero-order valence-corrected chi connectivity index (χ0v) is 20.4. The predicted molar refractivity (Wildman–Crippen MR) is 138 cm³/mol. The van der Waals surface area contributed by atoms with Crippen LogP contribution in [0.15, 0.2) is 77.7 Å². The number of hydrogen-bond donors (Lipinski definition) is 1. The molecule has 37 heavy (non-hydrogen) atoms. The van der Waals surface area contributed by atoms with Crippen molar-refractivity contribution in [3.05, 3.63) is 98.9 Å². The molecule has 0 saturated carbocycles. The van der Waals surface area contributed by atoms with Gasteiger partial charge in [0, 0.05) is 17.8 Å². The maximum atomic E-state index is 12.8. The Labute approximate surface area is 216 Å². The number of amides is 3. The molecule has 11 heteroatoms. The molecule has 1 aliphatic heterocycles. The first kappa shape index (κ1) is 25.5. The first-order chi connectivity index (χ1) is 17.8. The van der Waals surface area contributed by atoms with E-state index in [9.17, 15) is 24.5 Å². The number of carbonyl (C=O) groups is 3. The third-order valence-electron chi connectivity index (χ3n) is 5.26. The standard InChI is InChI=1S/C26H21N3O7S/c1-35-22-13-18(9-12-21(22)36-16-17-7-10-20(11-8-17)29(33)34)14-23-25(31)28(26(32)37-23)15-24(30)27-19-5-3-2-4-6-19/h2-14H,15-16H2,1H3,(H,27,30)/b23-14+. The zero-order chi connectivity index (χ0) is 26.4. The number of nitro groups is 1. The summed E-state index contributed by atoms with van der Waals surface area (Å²) in [7, 11) is 1.47. The van der Waals surface area contributed by atoms with Gasteiger partial charge >= 0.3 is 0 Å². The first-order valence-corrected chi connectivity index (χ1v) is 11.8. The van der Waals surface area contributed by atoms with Crippen molar-refractivity contribution >= 4 is 46.3 Å². The Balaban J connectivity index is 1.41. The monoisotopic (exact) mass is 519 g/mol. The van der Waals surface area contributed by atoms with E-state index < -0.39 is 28.5 Å². The van der Waals surface area contributed by atoms with Crippen LogP contribution >= 0.6 is 11.8 Å². The van der Waals surface area contributed by atoms with Crippen LogP contribution < -0.4 is 14.8 Å². The Kier molecular flexibility index (Phi) is 7.84. The van der Waals surface area contributed by atoms with Crippen LogP contribution in [0.1, 0.15) is 11.1 Å². The minimum atomic E-state index is -0.560.